The van der Waals surface area contributed by atoms with Crippen LogP contribution in [0.4, 0.5) is 0 Å². The lowest BCUT2D eigenvalue weighted by atomic mass is 9.96. The number of nitrogens with zero attached hydrogens (tertiary/aromatic N) is 2. The van der Waals surface area contributed by atoms with Crippen molar-refractivity contribution in [3.05, 3.63) is 0 Å². The Morgan fingerprint density at radius 2 is 1.75 bits per heavy atom. The van der Waals surface area contributed by atoms with Crippen molar-refractivity contribution in [1.82, 2.24) is 9.80 Å². The maximum absolute atomic E-state index is 12.5. The number of rotatable bonds is 2. The number of piperidine rings is 1. The van der Waals surface area contributed by atoms with Gasteiger partial charge >= 0.3 is 0 Å². The van der Waals surface area contributed by atoms with E-state index in [0.29, 0.717) is 38.8 Å². The molecule has 2 aliphatic heterocycles. The van der Waals surface area contributed by atoms with E-state index in [-0.39, 0.29) is 23.7 Å². The van der Waals surface area contributed by atoms with E-state index in [1.54, 1.807) is 0 Å². The Bertz CT molecular complexity index is 393. The zero-order chi connectivity index (χ0) is 14.1. The number of amides is 2. The van der Waals surface area contributed by atoms with Crippen molar-refractivity contribution in [3.63, 3.8) is 0 Å². The molecule has 2 heterocycles. The molecule has 2 saturated heterocycles. The lowest BCUT2D eigenvalue weighted by Crippen LogP contribution is -2.49. The summed E-state index contributed by atoms with van der Waals surface area (Å²) in [6, 6.07) is 0. The summed E-state index contributed by atoms with van der Waals surface area (Å²) in [5.41, 5.74) is 0. The van der Waals surface area contributed by atoms with Crippen LogP contribution in [0.2, 0.25) is 0 Å². The normalized spacial score (nSPS) is 34.0. The maximum atomic E-state index is 12.5. The molecule has 0 aromatic heterocycles. The molecule has 3 atom stereocenters. The van der Waals surface area contributed by atoms with Crippen LogP contribution in [-0.4, -0.2) is 61.0 Å². The molecule has 1 aliphatic carbocycles. The number of likely N-dealkylation sites (tertiary alicyclic amines) is 1. The predicted molar refractivity (Wildman–Crippen MR) is 74.0 cm³/mol. The molecule has 5 heteroatoms. The minimum atomic E-state index is -0.000133. The Labute approximate surface area is 120 Å². The van der Waals surface area contributed by atoms with Crippen molar-refractivity contribution >= 4 is 11.8 Å². The summed E-state index contributed by atoms with van der Waals surface area (Å²) < 4.78 is 5.29. The van der Waals surface area contributed by atoms with Gasteiger partial charge in [-0.2, -0.15) is 0 Å². The van der Waals surface area contributed by atoms with Crippen molar-refractivity contribution in [2.45, 2.75) is 26.2 Å². The lowest BCUT2D eigenvalue weighted by molar-refractivity contribution is -0.144. The molecule has 0 aromatic carbocycles. The van der Waals surface area contributed by atoms with Crippen molar-refractivity contribution in [2.75, 3.05) is 39.4 Å². The molecule has 2 amide bonds. The van der Waals surface area contributed by atoms with E-state index in [1.165, 1.54) is 0 Å². The zero-order valence-electron chi connectivity index (χ0n) is 12.2. The van der Waals surface area contributed by atoms with Gasteiger partial charge in [0.1, 0.15) is 0 Å². The Kier molecular flexibility index (Phi) is 3.96. The summed E-state index contributed by atoms with van der Waals surface area (Å²) in [5, 5.41) is 0. The third-order valence-electron chi connectivity index (χ3n) is 4.83. The standard InChI is InChI=1S/C15H24N2O3/c1-11-9-13(11)15(19)17-4-2-3-12(10-17)14(18)16-5-7-20-8-6-16/h11-13H,2-10H2,1H3. The SMILES string of the molecule is CC1CC1C(=O)N1CCCC(C(=O)N2CCOCC2)C1. The Balaban J connectivity index is 1.57. The molecule has 20 heavy (non-hydrogen) atoms. The fourth-order valence-corrected chi connectivity index (χ4v) is 3.32. The largest absolute Gasteiger partial charge is 0.378 e. The lowest BCUT2D eigenvalue weighted by Gasteiger charge is -2.36. The van der Waals surface area contributed by atoms with Gasteiger partial charge in [0.2, 0.25) is 11.8 Å². The summed E-state index contributed by atoms with van der Waals surface area (Å²) in [7, 11) is 0. The van der Waals surface area contributed by atoms with Gasteiger partial charge < -0.3 is 14.5 Å². The highest BCUT2D eigenvalue weighted by Gasteiger charge is 2.43. The molecule has 0 N–H and O–H groups in total. The van der Waals surface area contributed by atoms with Crippen molar-refractivity contribution < 1.29 is 14.3 Å². The number of hydrogen-bond donors (Lipinski definition) is 0. The zero-order valence-corrected chi connectivity index (χ0v) is 12.2. The molecule has 0 spiro atoms. The molecule has 3 fully saturated rings. The fraction of sp³-hybridized carbons (Fsp3) is 0.867. The van der Waals surface area contributed by atoms with Crippen LogP contribution in [-0.2, 0) is 14.3 Å². The minimum Gasteiger partial charge on any atom is -0.378 e. The highest BCUT2D eigenvalue weighted by Crippen LogP contribution is 2.39. The van der Waals surface area contributed by atoms with E-state index < -0.39 is 0 Å². The van der Waals surface area contributed by atoms with Crippen LogP contribution in [0.1, 0.15) is 26.2 Å². The van der Waals surface area contributed by atoms with Gasteiger partial charge in [-0.05, 0) is 25.2 Å². The average molecular weight is 280 g/mol. The van der Waals surface area contributed by atoms with Gasteiger partial charge in [0.25, 0.3) is 0 Å². The van der Waals surface area contributed by atoms with Gasteiger partial charge in [0.05, 0.1) is 19.1 Å². The van der Waals surface area contributed by atoms with Gasteiger partial charge in [-0.25, -0.2) is 0 Å². The van der Waals surface area contributed by atoms with E-state index in [4.69, 9.17) is 4.74 Å². The monoisotopic (exact) mass is 280 g/mol. The molecule has 0 radical (unpaired) electrons. The highest BCUT2D eigenvalue weighted by atomic mass is 16.5. The van der Waals surface area contributed by atoms with Gasteiger partial charge in [0, 0.05) is 32.1 Å². The number of carbonyl (C=O) groups excluding carboxylic acids is 2. The third kappa shape index (κ3) is 2.82. The van der Waals surface area contributed by atoms with Crippen molar-refractivity contribution in [3.8, 4) is 0 Å². The van der Waals surface area contributed by atoms with E-state index in [1.807, 2.05) is 9.80 Å². The van der Waals surface area contributed by atoms with Crippen molar-refractivity contribution in [2.24, 2.45) is 17.8 Å². The second-order valence-corrected chi connectivity index (χ2v) is 6.38. The van der Waals surface area contributed by atoms with E-state index >= 15 is 0 Å². The van der Waals surface area contributed by atoms with Crippen LogP contribution < -0.4 is 0 Å². The van der Waals surface area contributed by atoms with Gasteiger partial charge in [-0.15, -0.1) is 0 Å². The van der Waals surface area contributed by atoms with E-state index in [9.17, 15) is 9.59 Å². The van der Waals surface area contributed by atoms with Crippen LogP contribution in [0, 0.1) is 17.8 Å². The van der Waals surface area contributed by atoms with Gasteiger partial charge in [-0.1, -0.05) is 6.92 Å². The summed E-state index contributed by atoms with van der Waals surface area (Å²) in [4.78, 5) is 28.6. The summed E-state index contributed by atoms with van der Waals surface area (Å²) in [6.45, 7) is 6.25. The number of carbonyl (C=O) groups is 2. The topological polar surface area (TPSA) is 49.9 Å². The molecule has 3 aliphatic rings. The predicted octanol–water partition coefficient (Wildman–Crippen LogP) is 0.740. The van der Waals surface area contributed by atoms with Crippen LogP contribution in [0.5, 0.6) is 0 Å². The smallest absolute Gasteiger partial charge is 0.227 e. The molecule has 3 rings (SSSR count). The fourth-order valence-electron chi connectivity index (χ4n) is 3.32. The summed E-state index contributed by atoms with van der Waals surface area (Å²) in [5.74, 6) is 1.26. The van der Waals surface area contributed by atoms with Crippen LogP contribution in [0.3, 0.4) is 0 Å². The highest BCUT2D eigenvalue weighted by molar-refractivity contribution is 5.84. The first kappa shape index (κ1) is 13.9. The molecule has 0 bridgehead atoms. The summed E-state index contributed by atoms with van der Waals surface area (Å²) >= 11 is 0. The molecule has 112 valence electrons. The van der Waals surface area contributed by atoms with Crippen LogP contribution in [0.15, 0.2) is 0 Å². The number of ether oxygens (including phenoxy) is 1. The third-order valence-corrected chi connectivity index (χ3v) is 4.83. The number of morpholine rings is 1. The maximum Gasteiger partial charge on any atom is 0.227 e. The van der Waals surface area contributed by atoms with Gasteiger partial charge in [0.15, 0.2) is 0 Å². The summed E-state index contributed by atoms with van der Waals surface area (Å²) in [6.07, 6.45) is 2.89. The average Bonchev–Trinajstić information content (AvgIpc) is 3.23. The van der Waals surface area contributed by atoms with Crippen LogP contribution >= 0.6 is 0 Å². The number of hydrogen-bond acceptors (Lipinski definition) is 3. The van der Waals surface area contributed by atoms with Crippen molar-refractivity contribution in [1.29, 1.82) is 0 Å². The Morgan fingerprint density at radius 1 is 1.05 bits per heavy atom. The Hall–Kier alpha value is -1.10. The first-order chi connectivity index (χ1) is 9.66. The van der Waals surface area contributed by atoms with E-state index in [0.717, 1.165) is 25.8 Å². The molecule has 1 saturated carbocycles. The van der Waals surface area contributed by atoms with Gasteiger partial charge in [-0.3, -0.25) is 9.59 Å². The van der Waals surface area contributed by atoms with Crippen LogP contribution in [0.25, 0.3) is 0 Å². The molecule has 5 nitrogen and oxygen atoms in total. The molecular weight excluding hydrogens is 256 g/mol. The molecule has 3 unspecified atom stereocenters. The van der Waals surface area contributed by atoms with E-state index in [2.05, 4.69) is 6.92 Å². The Morgan fingerprint density at radius 3 is 2.40 bits per heavy atom. The second-order valence-electron chi connectivity index (χ2n) is 6.38. The first-order valence-electron chi connectivity index (χ1n) is 7.82. The minimum absolute atomic E-state index is 0.000133. The second kappa shape index (κ2) is 5.72. The quantitative estimate of drug-likeness (QED) is 0.749. The molecular formula is C15H24N2O3. The molecule has 0 aromatic rings. The first-order valence-corrected chi connectivity index (χ1v) is 7.82.